The van der Waals surface area contributed by atoms with Crippen molar-refractivity contribution in [3.63, 3.8) is 0 Å². The van der Waals surface area contributed by atoms with E-state index in [-0.39, 0.29) is 11.7 Å². The standard InChI is InChI=1S/C16H13Cl3N4OS2/c17-11-6-13(19)14(7-12(11)18)21-15(24)8-26-16-22-20-9-23(16)4-3-10-2-1-5-25-10/h1-2,5-7,9H,3-4,8H2,(H,21,24). The highest BCUT2D eigenvalue weighted by atomic mass is 35.5. The third kappa shape index (κ3) is 5.14. The van der Waals surface area contributed by atoms with E-state index in [1.807, 2.05) is 10.6 Å². The van der Waals surface area contributed by atoms with Crippen molar-refractivity contribution in [1.82, 2.24) is 14.8 Å². The van der Waals surface area contributed by atoms with Gasteiger partial charge < -0.3 is 9.88 Å². The number of carbonyl (C=O) groups excluding carboxylic acids is 1. The van der Waals surface area contributed by atoms with E-state index in [2.05, 4.69) is 27.0 Å². The number of aryl methyl sites for hydroxylation is 2. The molecule has 0 spiro atoms. The summed E-state index contributed by atoms with van der Waals surface area (Å²) in [4.78, 5) is 13.5. The van der Waals surface area contributed by atoms with Gasteiger partial charge in [-0.05, 0) is 30.0 Å². The van der Waals surface area contributed by atoms with Gasteiger partial charge in [-0.1, -0.05) is 52.6 Å². The van der Waals surface area contributed by atoms with Gasteiger partial charge in [0.25, 0.3) is 0 Å². The maximum absolute atomic E-state index is 12.2. The van der Waals surface area contributed by atoms with E-state index in [1.54, 1.807) is 17.7 Å². The molecule has 1 N–H and O–H groups in total. The van der Waals surface area contributed by atoms with E-state index < -0.39 is 0 Å². The van der Waals surface area contributed by atoms with E-state index >= 15 is 0 Å². The van der Waals surface area contributed by atoms with Crippen LogP contribution in [0.25, 0.3) is 0 Å². The second-order valence-electron chi connectivity index (χ2n) is 5.22. The Bertz CT molecular complexity index is 899. The average molecular weight is 448 g/mol. The summed E-state index contributed by atoms with van der Waals surface area (Å²) in [6, 6.07) is 7.14. The van der Waals surface area contributed by atoms with Gasteiger partial charge in [0.15, 0.2) is 5.16 Å². The molecule has 2 heterocycles. The molecule has 10 heteroatoms. The topological polar surface area (TPSA) is 59.8 Å². The van der Waals surface area contributed by atoms with Gasteiger partial charge in [-0.3, -0.25) is 4.79 Å². The molecule has 0 aliphatic heterocycles. The molecular weight excluding hydrogens is 435 g/mol. The Morgan fingerprint density at radius 3 is 2.81 bits per heavy atom. The molecule has 1 amide bonds. The Morgan fingerprint density at radius 1 is 1.23 bits per heavy atom. The fraction of sp³-hybridized carbons (Fsp3) is 0.188. The van der Waals surface area contributed by atoms with E-state index in [9.17, 15) is 4.79 Å². The van der Waals surface area contributed by atoms with Crippen molar-refractivity contribution >= 4 is 69.5 Å². The van der Waals surface area contributed by atoms with Crippen LogP contribution in [-0.4, -0.2) is 26.4 Å². The van der Waals surface area contributed by atoms with Crippen LogP contribution < -0.4 is 5.32 Å². The molecule has 0 saturated heterocycles. The lowest BCUT2D eigenvalue weighted by Crippen LogP contribution is -2.15. The molecule has 0 saturated carbocycles. The van der Waals surface area contributed by atoms with Crippen LogP contribution in [0, 0.1) is 0 Å². The second kappa shape index (κ2) is 9.10. The molecule has 5 nitrogen and oxygen atoms in total. The van der Waals surface area contributed by atoms with Gasteiger partial charge >= 0.3 is 0 Å². The summed E-state index contributed by atoms with van der Waals surface area (Å²) in [6.45, 7) is 0.760. The van der Waals surface area contributed by atoms with Crippen LogP contribution in [0.15, 0.2) is 41.1 Å². The van der Waals surface area contributed by atoms with Crippen LogP contribution in [0.2, 0.25) is 15.1 Å². The molecule has 0 aliphatic rings. The Hall–Kier alpha value is -1.25. The van der Waals surface area contributed by atoms with Gasteiger partial charge in [0.05, 0.1) is 26.5 Å². The number of halogens is 3. The Labute approximate surface area is 173 Å². The summed E-state index contributed by atoms with van der Waals surface area (Å²) in [7, 11) is 0. The van der Waals surface area contributed by atoms with E-state index in [1.165, 1.54) is 28.8 Å². The number of benzene rings is 1. The first-order chi connectivity index (χ1) is 12.5. The molecule has 0 aliphatic carbocycles. The first kappa shape index (κ1) is 19.5. The number of anilines is 1. The number of carbonyl (C=O) groups is 1. The number of amides is 1. The first-order valence-corrected chi connectivity index (χ1v) is 10.5. The maximum atomic E-state index is 12.2. The highest BCUT2D eigenvalue weighted by molar-refractivity contribution is 7.99. The largest absolute Gasteiger partial charge is 0.324 e. The Kier molecular flexibility index (Phi) is 6.83. The summed E-state index contributed by atoms with van der Waals surface area (Å²) >= 11 is 20.9. The summed E-state index contributed by atoms with van der Waals surface area (Å²) in [5.41, 5.74) is 0.422. The van der Waals surface area contributed by atoms with Crippen molar-refractivity contribution in [3.8, 4) is 0 Å². The van der Waals surface area contributed by atoms with Crippen LogP contribution in [0.1, 0.15) is 4.88 Å². The van der Waals surface area contributed by atoms with Crippen LogP contribution in [-0.2, 0) is 17.8 Å². The van der Waals surface area contributed by atoms with Crippen molar-refractivity contribution in [2.24, 2.45) is 0 Å². The van der Waals surface area contributed by atoms with Crippen LogP contribution in [0.4, 0.5) is 5.69 Å². The summed E-state index contributed by atoms with van der Waals surface area (Å²) in [5.74, 6) is -0.0445. The number of aromatic nitrogens is 3. The van der Waals surface area contributed by atoms with Crippen LogP contribution in [0.3, 0.4) is 0 Å². The summed E-state index contributed by atoms with van der Waals surface area (Å²) in [5, 5.41) is 14.5. The molecule has 3 aromatic rings. The number of nitrogens with one attached hydrogen (secondary N) is 1. The lowest BCUT2D eigenvalue weighted by Gasteiger charge is -2.09. The minimum Gasteiger partial charge on any atom is -0.324 e. The van der Waals surface area contributed by atoms with Crippen molar-refractivity contribution in [3.05, 3.63) is 55.9 Å². The monoisotopic (exact) mass is 446 g/mol. The number of hydrogen-bond acceptors (Lipinski definition) is 5. The normalized spacial score (nSPS) is 10.9. The zero-order valence-electron chi connectivity index (χ0n) is 13.3. The number of rotatable bonds is 7. The molecule has 0 atom stereocenters. The highest BCUT2D eigenvalue weighted by Gasteiger charge is 2.12. The third-order valence-electron chi connectivity index (χ3n) is 3.38. The lowest BCUT2D eigenvalue weighted by atomic mass is 10.3. The third-order valence-corrected chi connectivity index (χ3v) is 6.33. The molecule has 0 fully saturated rings. The lowest BCUT2D eigenvalue weighted by molar-refractivity contribution is -0.113. The zero-order valence-corrected chi connectivity index (χ0v) is 17.2. The number of thioether (sulfide) groups is 1. The first-order valence-electron chi connectivity index (χ1n) is 7.50. The predicted octanol–water partition coefficient (Wildman–Crippen LogP) is 5.27. The number of thiophene rings is 1. The molecule has 3 rings (SSSR count). The fourth-order valence-electron chi connectivity index (χ4n) is 2.13. The molecule has 2 aromatic heterocycles. The minimum absolute atomic E-state index is 0.175. The molecule has 0 unspecified atom stereocenters. The van der Waals surface area contributed by atoms with Gasteiger partial charge in [-0.2, -0.15) is 0 Å². The van der Waals surface area contributed by atoms with E-state index in [0.29, 0.717) is 25.9 Å². The zero-order chi connectivity index (χ0) is 18.5. The van der Waals surface area contributed by atoms with Gasteiger partial charge in [0.1, 0.15) is 6.33 Å². The molecule has 1 aromatic carbocycles. The average Bonchev–Trinajstić information content (AvgIpc) is 3.27. The summed E-state index contributed by atoms with van der Waals surface area (Å²) < 4.78 is 1.93. The predicted molar refractivity (Wildman–Crippen MR) is 109 cm³/mol. The smallest absolute Gasteiger partial charge is 0.234 e. The Balaban J connectivity index is 1.55. The van der Waals surface area contributed by atoms with Crippen molar-refractivity contribution in [1.29, 1.82) is 0 Å². The van der Waals surface area contributed by atoms with Gasteiger partial charge in [-0.25, -0.2) is 0 Å². The van der Waals surface area contributed by atoms with Crippen molar-refractivity contribution in [2.45, 2.75) is 18.1 Å². The molecular formula is C16H13Cl3N4OS2. The number of nitrogens with zero attached hydrogens (tertiary/aromatic N) is 3. The van der Waals surface area contributed by atoms with Crippen LogP contribution >= 0.6 is 57.9 Å². The molecule has 26 heavy (non-hydrogen) atoms. The van der Waals surface area contributed by atoms with E-state index in [0.717, 1.165) is 13.0 Å². The van der Waals surface area contributed by atoms with Gasteiger partial charge in [0, 0.05) is 11.4 Å². The van der Waals surface area contributed by atoms with Crippen molar-refractivity contribution in [2.75, 3.05) is 11.1 Å². The van der Waals surface area contributed by atoms with Crippen molar-refractivity contribution < 1.29 is 4.79 Å². The summed E-state index contributed by atoms with van der Waals surface area (Å²) in [6.07, 6.45) is 2.57. The SMILES string of the molecule is O=C(CSc1nncn1CCc1cccs1)Nc1cc(Cl)c(Cl)cc1Cl. The highest BCUT2D eigenvalue weighted by Crippen LogP contribution is 2.32. The van der Waals surface area contributed by atoms with Crippen LogP contribution in [0.5, 0.6) is 0 Å². The molecule has 136 valence electrons. The van der Waals surface area contributed by atoms with Gasteiger partial charge in [0.2, 0.25) is 5.91 Å². The Morgan fingerprint density at radius 2 is 2.04 bits per heavy atom. The number of hydrogen-bond donors (Lipinski definition) is 1. The minimum atomic E-state index is -0.219. The quantitative estimate of drug-likeness (QED) is 0.396. The van der Waals surface area contributed by atoms with Gasteiger partial charge in [-0.15, -0.1) is 21.5 Å². The fourth-order valence-corrected chi connectivity index (χ4v) is 4.16. The molecule has 0 radical (unpaired) electrons. The van der Waals surface area contributed by atoms with E-state index in [4.69, 9.17) is 34.8 Å². The second-order valence-corrected chi connectivity index (χ2v) is 8.42. The molecule has 0 bridgehead atoms. The maximum Gasteiger partial charge on any atom is 0.234 e.